The van der Waals surface area contributed by atoms with Crippen LogP contribution in [0, 0.1) is 10.1 Å². The minimum absolute atomic E-state index is 0.0444. The van der Waals surface area contributed by atoms with Gasteiger partial charge in [-0.15, -0.1) is 0 Å². The SMILES string of the molecule is C=C(Cn1ccc2c([N+](=O)[O-])cccc21)C(=O)OCC. The number of carbonyl (C=O) groups excluding carboxylic acids is 1. The van der Waals surface area contributed by atoms with Gasteiger partial charge in [0.15, 0.2) is 0 Å². The second-order valence-electron chi connectivity index (χ2n) is 4.23. The van der Waals surface area contributed by atoms with E-state index >= 15 is 0 Å². The molecule has 0 N–H and O–H groups in total. The van der Waals surface area contributed by atoms with Crippen molar-refractivity contribution in [3.05, 3.63) is 52.7 Å². The lowest BCUT2D eigenvalue weighted by Crippen LogP contribution is -2.11. The predicted molar refractivity (Wildman–Crippen MR) is 74.4 cm³/mol. The van der Waals surface area contributed by atoms with Crippen molar-refractivity contribution in [1.82, 2.24) is 4.57 Å². The number of benzene rings is 1. The highest BCUT2D eigenvalue weighted by molar-refractivity contribution is 5.90. The largest absolute Gasteiger partial charge is 0.463 e. The minimum atomic E-state index is -0.459. The van der Waals surface area contributed by atoms with Crippen molar-refractivity contribution < 1.29 is 14.5 Å². The van der Waals surface area contributed by atoms with E-state index < -0.39 is 10.9 Å². The Morgan fingerprint density at radius 1 is 1.45 bits per heavy atom. The van der Waals surface area contributed by atoms with E-state index in [-0.39, 0.29) is 18.8 Å². The molecule has 6 heteroatoms. The maximum Gasteiger partial charge on any atom is 0.335 e. The van der Waals surface area contributed by atoms with Crippen LogP contribution in [0.2, 0.25) is 0 Å². The Balaban J connectivity index is 2.33. The molecule has 0 aliphatic carbocycles. The lowest BCUT2D eigenvalue weighted by atomic mass is 10.2. The second kappa shape index (κ2) is 5.56. The van der Waals surface area contributed by atoms with Gasteiger partial charge in [-0.25, -0.2) is 4.79 Å². The molecule has 6 nitrogen and oxygen atoms in total. The average molecular weight is 274 g/mol. The van der Waals surface area contributed by atoms with E-state index in [1.54, 1.807) is 35.9 Å². The fourth-order valence-electron chi connectivity index (χ4n) is 2.01. The van der Waals surface area contributed by atoms with Crippen LogP contribution in [-0.2, 0) is 16.1 Å². The topological polar surface area (TPSA) is 74.4 Å². The zero-order valence-electron chi connectivity index (χ0n) is 11.0. The van der Waals surface area contributed by atoms with Gasteiger partial charge in [0.05, 0.1) is 29.0 Å². The second-order valence-corrected chi connectivity index (χ2v) is 4.23. The molecule has 0 spiro atoms. The molecular formula is C14H14N2O4. The number of nitro groups is 1. The first-order valence-electron chi connectivity index (χ1n) is 6.11. The molecule has 1 heterocycles. The number of nitrogens with zero attached hydrogens (tertiary/aromatic N) is 2. The summed E-state index contributed by atoms with van der Waals surface area (Å²) in [6, 6.07) is 6.49. The fourth-order valence-corrected chi connectivity index (χ4v) is 2.01. The van der Waals surface area contributed by atoms with Gasteiger partial charge in [0.2, 0.25) is 0 Å². The number of nitro benzene ring substituents is 1. The molecule has 1 aromatic carbocycles. The number of esters is 1. The standard InChI is InChI=1S/C14H14N2O4/c1-3-20-14(17)10(2)9-15-8-7-11-12(15)5-4-6-13(11)16(18)19/h4-8H,2-3,9H2,1H3. The summed E-state index contributed by atoms with van der Waals surface area (Å²) in [6.07, 6.45) is 1.70. The third-order valence-electron chi connectivity index (χ3n) is 2.91. The van der Waals surface area contributed by atoms with Gasteiger partial charge in [-0.1, -0.05) is 12.6 Å². The number of rotatable bonds is 5. The van der Waals surface area contributed by atoms with Crippen molar-refractivity contribution in [2.45, 2.75) is 13.5 Å². The molecule has 1 aromatic heterocycles. The summed E-state index contributed by atoms with van der Waals surface area (Å²) in [6.45, 7) is 5.93. The Morgan fingerprint density at radius 3 is 2.85 bits per heavy atom. The molecule has 0 radical (unpaired) electrons. The molecule has 2 aromatic rings. The van der Waals surface area contributed by atoms with E-state index in [9.17, 15) is 14.9 Å². The van der Waals surface area contributed by atoms with Gasteiger partial charge in [-0.2, -0.15) is 0 Å². The normalized spacial score (nSPS) is 10.4. The molecule has 0 atom stereocenters. The number of hydrogen-bond acceptors (Lipinski definition) is 4. The molecule has 20 heavy (non-hydrogen) atoms. The summed E-state index contributed by atoms with van der Waals surface area (Å²) in [4.78, 5) is 22.1. The van der Waals surface area contributed by atoms with E-state index in [1.807, 2.05) is 0 Å². The van der Waals surface area contributed by atoms with Crippen LogP contribution in [-0.4, -0.2) is 22.1 Å². The quantitative estimate of drug-likeness (QED) is 0.363. The predicted octanol–water partition coefficient (Wildman–Crippen LogP) is 2.67. The summed E-state index contributed by atoms with van der Waals surface area (Å²) in [7, 11) is 0. The van der Waals surface area contributed by atoms with Gasteiger partial charge in [0.25, 0.3) is 5.69 Å². The summed E-state index contributed by atoms with van der Waals surface area (Å²) < 4.78 is 6.60. The summed E-state index contributed by atoms with van der Waals surface area (Å²) >= 11 is 0. The Bertz CT molecular complexity index is 688. The van der Waals surface area contributed by atoms with E-state index in [1.165, 1.54) is 6.07 Å². The first-order chi connectivity index (χ1) is 9.54. The summed E-state index contributed by atoms with van der Waals surface area (Å²) in [5.41, 5.74) is 1.03. The molecule has 0 saturated heterocycles. The summed E-state index contributed by atoms with van der Waals surface area (Å²) in [5, 5.41) is 11.5. The molecular weight excluding hydrogens is 260 g/mol. The molecule has 0 aliphatic rings. The van der Waals surface area contributed by atoms with Crippen molar-refractivity contribution in [3.8, 4) is 0 Å². The van der Waals surface area contributed by atoms with Crippen LogP contribution in [0.1, 0.15) is 6.92 Å². The first kappa shape index (κ1) is 13.8. The van der Waals surface area contributed by atoms with Crippen molar-refractivity contribution in [2.75, 3.05) is 6.61 Å². The molecule has 0 bridgehead atoms. The maximum absolute atomic E-state index is 11.5. The van der Waals surface area contributed by atoms with Crippen LogP contribution in [0.5, 0.6) is 0 Å². The highest BCUT2D eigenvalue weighted by atomic mass is 16.6. The van der Waals surface area contributed by atoms with Gasteiger partial charge in [-0.05, 0) is 19.1 Å². The van der Waals surface area contributed by atoms with Crippen molar-refractivity contribution in [2.24, 2.45) is 0 Å². The Labute approximate surface area is 115 Å². The maximum atomic E-state index is 11.5. The lowest BCUT2D eigenvalue weighted by Gasteiger charge is -2.07. The van der Waals surface area contributed by atoms with Gasteiger partial charge >= 0.3 is 5.97 Å². The van der Waals surface area contributed by atoms with E-state index in [0.717, 1.165) is 0 Å². The Hall–Kier alpha value is -2.63. The van der Waals surface area contributed by atoms with E-state index in [2.05, 4.69) is 6.58 Å². The van der Waals surface area contributed by atoms with E-state index in [0.29, 0.717) is 16.5 Å². The number of non-ortho nitro benzene ring substituents is 1. The number of aromatic nitrogens is 1. The first-order valence-corrected chi connectivity index (χ1v) is 6.11. The smallest absolute Gasteiger partial charge is 0.335 e. The number of hydrogen-bond donors (Lipinski definition) is 0. The zero-order valence-corrected chi connectivity index (χ0v) is 11.0. The molecule has 0 unspecified atom stereocenters. The van der Waals surface area contributed by atoms with Crippen LogP contribution in [0.4, 0.5) is 5.69 Å². The van der Waals surface area contributed by atoms with Crippen LogP contribution >= 0.6 is 0 Å². The van der Waals surface area contributed by atoms with Gasteiger partial charge in [-0.3, -0.25) is 10.1 Å². The van der Waals surface area contributed by atoms with Crippen LogP contribution < -0.4 is 0 Å². The third kappa shape index (κ3) is 2.54. The zero-order chi connectivity index (χ0) is 14.7. The molecule has 2 rings (SSSR count). The highest BCUT2D eigenvalue weighted by Crippen LogP contribution is 2.26. The number of fused-ring (bicyclic) bond motifs is 1. The van der Waals surface area contributed by atoms with Crippen molar-refractivity contribution in [1.29, 1.82) is 0 Å². The summed E-state index contributed by atoms with van der Waals surface area (Å²) in [5.74, 6) is -0.459. The van der Waals surface area contributed by atoms with Crippen LogP contribution in [0.15, 0.2) is 42.6 Å². The lowest BCUT2D eigenvalue weighted by molar-refractivity contribution is -0.383. The van der Waals surface area contributed by atoms with Crippen LogP contribution in [0.3, 0.4) is 0 Å². The third-order valence-corrected chi connectivity index (χ3v) is 2.91. The van der Waals surface area contributed by atoms with Crippen molar-refractivity contribution in [3.63, 3.8) is 0 Å². The van der Waals surface area contributed by atoms with Gasteiger partial charge in [0, 0.05) is 17.8 Å². The molecule has 0 saturated carbocycles. The molecule has 104 valence electrons. The number of carbonyl (C=O) groups is 1. The fraction of sp³-hybridized carbons (Fsp3) is 0.214. The molecule has 0 amide bonds. The monoisotopic (exact) mass is 274 g/mol. The van der Waals surface area contributed by atoms with Crippen LogP contribution in [0.25, 0.3) is 10.9 Å². The van der Waals surface area contributed by atoms with E-state index in [4.69, 9.17) is 4.74 Å². The number of ether oxygens (including phenoxy) is 1. The highest BCUT2D eigenvalue weighted by Gasteiger charge is 2.15. The van der Waals surface area contributed by atoms with Gasteiger partial charge < -0.3 is 9.30 Å². The Kier molecular flexibility index (Phi) is 3.84. The van der Waals surface area contributed by atoms with Crippen molar-refractivity contribution >= 4 is 22.6 Å². The molecule has 0 fully saturated rings. The average Bonchev–Trinajstić information content (AvgIpc) is 2.82. The Morgan fingerprint density at radius 2 is 2.20 bits per heavy atom. The van der Waals surface area contributed by atoms with Gasteiger partial charge in [0.1, 0.15) is 0 Å². The minimum Gasteiger partial charge on any atom is -0.463 e. The molecule has 0 aliphatic heterocycles.